The molecule has 0 saturated heterocycles. The van der Waals surface area contributed by atoms with Crippen molar-refractivity contribution in [3.8, 4) is 0 Å². The molecule has 0 aliphatic heterocycles. The van der Waals surface area contributed by atoms with Crippen LogP contribution >= 0.6 is 0 Å². The Morgan fingerprint density at radius 3 is 2.18 bits per heavy atom. The lowest BCUT2D eigenvalue weighted by Crippen LogP contribution is -2.53. The van der Waals surface area contributed by atoms with Crippen molar-refractivity contribution >= 4 is 27.5 Å². The van der Waals surface area contributed by atoms with E-state index in [1.54, 1.807) is 20.8 Å². The fourth-order valence-corrected chi connectivity index (χ4v) is 4.17. The van der Waals surface area contributed by atoms with Crippen molar-refractivity contribution in [2.24, 2.45) is 0 Å². The topological polar surface area (TPSA) is 86.8 Å². The minimum atomic E-state index is -3.94. The minimum absolute atomic E-state index is 0.00716. The first-order valence-electron chi connectivity index (χ1n) is 10.5. The summed E-state index contributed by atoms with van der Waals surface area (Å²) in [5, 5.41) is 2.77. The van der Waals surface area contributed by atoms with Gasteiger partial charge in [-0.1, -0.05) is 25.1 Å². The number of nitrogens with one attached hydrogen (secondary N) is 1. The van der Waals surface area contributed by atoms with Crippen molar-refractivity contribution in [3.05, 3.63) is 65.7 Å². The first kappa shape index (κ1) is 26.2. The lowest BCUT2D eigenvalue weighted by atomic mass is 10.1. The van der Waals surface area contributed by atoms with Gasteiger partial charge in [0, 0.05) is 12.6 Å². The second-order valence-corrected chi connectivity index (χ2v) is 9.89. The van der Waals surface area contributed by atoms with E-state index in [1.807, 2.05) is 0 Å². The van der Waals surface area contributed by atoms with Gasteiger partial charge in [0.25, 0.3) is 0 Å². The van der Waals surface area contributed by atoms with E-state index in [0.29, 0.717) is 5.56 Å². The molecule has 2 aromatic rings. The van der Waals surface area contributed by atoms with Gasteiger partial charge in [-0.15, -0.1) is 0 Å². The summed E-state index contributed by atoms with van der Waals surface area (Å²) in [7, 11) is -3.94. The van der Waals surface area contributed by atoms with Crippen LogP contribution in [-0.2, 0) is 26.2 Å². The smallest absolute Gasteiger partial charge is 0.244 e. The van der Waals surface area contributed by atoms with E-state index < -0.39 is 40.2 Å². The average Bonchev–Trinajstić information content (AvgIpc) is 2.71. The molecule has 7 nitrogen and oxygen atoms in total. The molecular formula is C23H29F2N3O4S. The number of anilines is 1. The molecular weight excluding hydrogens is 452 g/mol. The SMILES string of the molecule is CC[C@@H](C(=O)NC(C)C)N(Cc1ccc(F)cc1)C(=O)CN(c1cccc(F)c1)S(C)(=O)=O. The zero-order valence-corrected chi connectivity index (χ0v) is 19.9. The maximum atomic E-state index is 13.7. The summed E-state index contributed by atoms with van der Waals surface area (Å²) in [4.78, 5) is 27.5. The predicted octanol–water partition coefficient (Wildman–Crippen LogP) is 3.06. The van der Waals surface area contributed by atoms with Crippen LogP contribution in [0.25, 0.3) is 0 Å². The van der Waals surface area contributed by atoms with Gasteiger partial charge < -0.3 is 10.2 Å². The van der Waals surface area contributed by atoms with Gasteiger partial charge in [0.1, 0.15) is 24.2 Å². The van der Waals surface area contributed by atoms with E-state index in [9.17, 15) is 26.8 Å². The molecule has 2 rings (SSSR count). The monoisotopic (exact) mass is 481 g/mol. The summed E-state index contributed by atoms with van der Waals surface area (Å²) in [6, 6.07) is 9.29. The lowest BCUT2D eigenvalue weighted by molar-refractivity contribution is -0.140. The van der Waals surface area contributed by atoms with Crippen LogP contribution in [0.5, 0.6) is 0 Å². The third-order valence-electron chi connectivity index (χ3n) is 4.86. The number of nitrogens with zero attached hydrogens (tertiary/aromatic N) is 2. The summed E-state index contributed by atoms with van der Waals surface area (Å²) in [6.45, 7) is 4.63. The normalized spacial score (nSPS) is 12.3. The average molecular weight is 482 g/mol. The molecule has 0 spiro atoms. The maximum absolute atomic E-state index is 13.7. The third kappa shape index (κ3) is 7.52. The Morgan fingerprint density at radius 2 is 1.67 bits per heavy atom. The molecule has 0 aliphatic carbocycles. The highest BCUT2D eigenvalue weighted by Crippen LogP contribution is 2.20. The number of hydrogen-bond donors (Lipinski definition) is 1. The highest BCUT2D eigenvalue weighted by molar-refractivity contribution is 7.92. The van der Waals surface area contributed by atoms with Crippen LogP contribution in [0.1, 0.15) is 32.8 Å². The summed E-state index contributed by atoms with van der Waals surface area (Å²) in [5.74, 6) is -2.14. The van der Waals surface area contributed by atoms with E-state index >= 15 is 0 Å². The fraction of sp³-hybridized carbons (Fsp3) is 0.391. The molecule has 33 heavy (non-hydrogen) atoms. The zero-order chi connectivity index (χ0) is 24.8. The molecule has 1 atom stereocenters. The maximum Gasteiger partial charge on any atom is 0.244 e. The van der Waals surface area contributed by atoms with Crippen molar-refractivity contribution in [2.45, 2.75) is 45.8 Å². The van der Waals surface area contributed by atoms with Crippen LogP contribution in [-0.4, -0.2) is 50.0 Å². The molecule has 0 unspecified atom stereocenters. The fourth-order valence-electron chi connectivity index (χ4n) is 3.33. The van der Waals surface area contributed by atoms with Crippen molar-refractivity contribution in [3.63, 3.8) is 0 Å². The van der Waals surface area contributed by atoms with Crippen LogP contribution in [0.2, 0.25) is 0 Å². The summed E-state index contributed by atoms with van der Waals surface area (Å²) in [6.07, 6.45) is 1.18. The van der Waals surface area contributed by atoms with Gasteiger partial charge in [-0.05, 0) is 56.2 Å². The predicted molar refractivity (Wildman–Crippen MR) is 123 cm³/mol. The Hall–Kier alpha value is -3.01. The number of hydrogen-bond acceptors (Lipinski definition) is 4. The standard InChI is InChI=1S/C23H29F2N3O4S/c1-5-21(23(30)26-16(2)3)27(14-17-9-11-18(24)12-10-17)22(29)15-28(33(4,31)32)20-8-6-7-19(25)13-20/h6-13,16,21H,5,14-15H2,1-4H3,(H,26,30)/t21-/m0/s1. The second kappa shape index (κ2) is 11.2. The van der Waals surface area contributed by atoms with E-state index in [2.05, 4.69) is 5.32 Å². The highest BCUT2D eigenvalue weighted by Gasteiger charge is 2.32. The molecule has 0 aliphatic rings. The zero-order valence-electron chi connectivity index (χ0n) is 19.1. The van der Waals surface area contributed by atoms with E-state index in [4.69, 9.17) is 0 Å². The quantitative estimate of drug-likeness (QED) is 0.565. The van der Waals surface area contributed by atoms with Gasteiger partial charge >= 0.3 is 0 Å². The Morgan fingerprint density at radius 1 is 1.03 bits per heavy atom. The molecule has 0 bridgehead atoms. The summed E-state index contributed by atoms with van der Waals surface area (Å²) < 4.78 is 52.7. The molecule has 0 saturated carbocycles. The van der Waals surface area contributed by atoms with Crippen LogP contribution in [0.4, 0.5) is 14.5 Å². The first-order valence-corrected chi connectivity index (χ1v) is 12.3. The molecule has 10 heteroatoms. The molecule has 0 fully saturated rings. The van der Waals surface area contributed by atoms with Crippen molar-refractivity contribution in [1.29, 1.82) is 0 Å². The van der Waals surface area contributed by atoms with Crippen molar-refractivity contribution < 1.29 is 26.8 Å². The van der Waals surface area contributed by atoms with Gasteiger partial charge in [-0.25, -0.2) is 17.2 Å². The van der Waals surface area contributed by atoms with Crippen LogP contribution in [0, 0.1) is 11.6 Å². The van der Waals surface area contributed by atoms with E-state index in [-0.39, 0.29) is 30.6 Å². The van der Waals surface area contributed by atoms with Gasteiger partial charge in [-0.2, -0.15) is 0 Å². The number of rotatable bonds is 10. The molecule has 0 aromatic heterocycles. The number of carbonyl (C=O) groups is 2. The Kier molecular flexibility index (Phi) is 8.92. The highest BCUT2D eigenvalue weighted by atomic mass is 32.2. The lowest BCUT2D eigenvalue weighted by Gasteiger charge is -2.33. The summed E-state index contributed by atoms with van der Waals surface area (Å²) in [5.41, 5.74) is 0.560. The Balaban J connectivity index is 2.43. The number of sulfonamides is 1. The van der Waals surface area contributed by atoms with Gasteiger partial charge in [0.2, 0.25) is 21.8 Å². The Labute approximate surface area is 193 Å². The van der Waals surface area contributed by atoms with E-state index in [0.717, 1.165) is 22.7 Å². The second-order valence-electron chi connectivity index (χ2n) is 7.98. The molecule has 2 amide bonds. The van der Waals surface area contributed by atoms with Gasteiger partial charge in [0.05, 0.1) is 11.9 Å². The number of amides is 2. The molecule has 2 aromatic carbocycles. The van der Waals surface area contributed by atoms with Crippen LogP contribution < -0.4 is 9.62 Å². The number of carbonyl (C=O) groups excluding carboxylic acids is 2. The van der Waals surface area contributed by atoms with Crippen molar-refractivity contribution in [2.75, 3.05) is 17.1 Å². The number of benzene rings is 2. The molecule has 180 valence electrons. The first-order chi connectivity index (χ1) is 15.4. The minimum Gasteiger partial charge on any atom is -0.352 e. The van der Waals surface area contributed by atoms with Gasteiger partial charge in [-0.3, -0.25) is 13.9 Å². The van der Waals surface area contributed by atoms with Crippen molar-refractivity contribution in [1.82, 2.24) is 10.2 Å². The molecule has 1 N–H and O–H groups in total. The van der Waals surface area contributed by atoms with Gasteiger partial charge in [0.15, 0.2) is 0 Å². The Bertz CT molecular complexity index is 1080. The molecule has 0 radical (unpaired) electrons. The largest absolute Gasteiger partial charge is 0.352 e. The summed E-state index contributed by atoms with van der Waals surface area (Å²) >= 11 is 0. The number of halogens is 2. The van der Waals surface area contributed by atoms with Crippen LogP contribution in [0.3, 0.4) is 0 Å². The van der Waals surface area contributed by atoms with Crippen LogP contribution in [0.15, 0.2) is 48.5 Å². The van der Waals surface area contributed by atoms with E-state index in [1.165, 1.54) is 41.3 Å². The third-order valence-corrected chi connectivity index (χ3v) is 6.00. The molecule has 0 heterocycles.